The summed E-state index contributed by atoms with van der Waals surface area (Å²) in [6.45, 7) is 20.5. The highest BCUT2D eigenvalue weighted by Crippen LogP contribution is 2.29. The van der Waals surface area contributed by atoms with E-state index in [1.54, 1.807) is 66.1 Å². The van der Waals surface area contributed by atoms with Crippen LogP contribution in [0.3, 0.4) is 0 Å². The summed E-state index contributed by atoms with van der Waals surface area (Å²) in [7, 11) is -4.28. The Morgan fingerprint density at radius 1 is 0.662 bits per heavy atom. The molecule has 404 valence electrons. The average Bonchev–Trinajstić information content (AvgIpc) is 3.28. The number of fused-ring (bicyclic) bond motifs is 2. The molecule has 3 aromatic heterocycles. The number of pyridine rings is 3. The Morgan fingerprint density at radius 3 is 1.47 bits per heavy atom. The fraction of sp³-hybridized carbons (Fsp3) is 0.471. The van der Waals surface area contributed by atoms with Crippen LogP contribution >= 0.6 is 0 Å². The number of aryl methyl sites for hydroxylation is 4. The third kappa shape index (κ3) is 21.1. The summed E-state index contributed by atoms with van der Waals surface area (Å²) in [5.74, 6) is 0. The lowest BCUT2D eigenvalue weighted by molar-refractivity contribution is -0.512. The van der Waals surface area contributed by atoms with Crippen LogP contribution in [0, 0.1) is 50.4 Å². The fourth-order valence-corrected chi connectivity index (χ4v) is 8.27. The van der Waals surface area contributed by atoms with Crippen LogP contribution in [0.15, 0.2) is 61.2 Å². The van der Waals surface area contributed by atoms with E-state index in [1.807, 2.05) is 54.4 Å². The average molecular weight is 1080 g/mol. The van der Waals surface area contributed by atoms with Crippen molar-refractivity contribution in [2.24, 2.45) is 5.73 Å². The molecular weight excluding hydrogens is 1010 g/mol. The monoisotopic (exact) mass is 1080 g/mol. The summed E-state index contributed by atoms with van der Waals surface area (Å²) in [6.07, 6.45) is 9.23. The van der Waals surface area contributed by atoms with E-state index in [1.165, 1.54) is 23.5 Å². The standard InChI is InChI=1S/C22H31N5O4S.C17H22N4.C12H19N3O4S.ClH/c1-15-11-18-19(12-16(15)2)25-14-17(13-23)20(18)24-9-7-6-8-10-26-32(29,30)27-21(28)31-22(3,4)5;1-12-8-15-16(9-13(12)2)21-11-14(10-19)17(15)20-7-5-3-4-6-18;1-12(2,3)19-11(16)13-20(17,18)15-8-6-10(7-9-15)14(4)5;/h11-12,14,26H,6-10H2,1-5H3,(H,24,25)(H,27,28);8-9,11H,3-7,18H2,1-2H3,(H,20,21);6-9H,1-5H3;1H. The largest absolute Gasteiger partial charge is 1.00 e. The van der Waals surface area contributed by atoms with Crippen molar-refractivity contribution in [2.45, 2.75) is 119 Å². The summed E-state index contributed by atoms with van der Waals surface area (Å²) in [6, 6.07) is 15.9. The Bertz CT molecular complexity index is 3000. The molecule has 74 heavy (non-hydrogen) atoms. The van der Waals surface area contributed by atoms with Gasteiger partial charge in [-0.15, -0.1) is 8.42 Å². The van der Waals surface area contributed by atoms with Crippen LogP contribution in [0.4, 0.5) is 26.7 Å². The first kappa shape index (κ1) is 63.6. The van der Waals surface area contributed by atoms with Crippen LogP contribution in [0.2, 0.25) is 0 Å². The third-order valence-corrected chi connectivity index (χ3v) is 12.9. The second kappa shape index (κ2) is 28.8. The van der Waals surface area contributed by atoms with E-state index < -0.39 is 43.8 Å². The zero-order valence-electron chi connectivity index (χ0n) is 44.6. The van der Waals surface area contributed by atoms with Gasteiger partial charge in [0.15, 0.2) is 12.4 Å². The van der Waals surface area contributed by atoms with Crippen molar-refractivity contribution in [3.05, 3.63) is 94.6 Å². The van der Waals surface area contributed by atoms with E-state index in [2.05, 4.69) is 63.4 Å². The number of nitrogens with one attached hydrogen (secondary N) is 5. The minimum absolute atomic E-state index is 0. The quantitative estimate of drug-likeness (QED) is 0.0517. The minimum atomic E-state index is -4.00. The highest BCUT2D eigenvalue weighted by atomic mass is 35.5. The number of benzene rings is 2. The number of ether oxygens (including phenoxy) is 2. The van der Waals surface area contributed by atoms with Crippen molar-refractivity contribution in [3.63, 3.8) is 0 Å². The van der Waals surface area contributed by atoms with Gasteiger partial charge >= 0.3 is 32.6 Å². The van der Waals surface area contributed by atoms with Crippen molar-refractivity contribution < 1.29 is 52.3 Å². The highest BCUT2D eigenvalue weighted by molar-refractivity contribution is 7.88. The molecule has 5 aromatic rings. The number of anilines is 3. The maximum Gasteiger partial charge on any atom is 0.474 e. The number of halogens is 1. The third-order valence-electron chi connectivity index (χ3n) is 10.6. The number of aromatic nitrogens is 3. The second-order valence-corrected chi connectivity index (χ2v) is 22.5. The van der Waals surface area contributed by atoms with Gasteiger partial charge in [-0.25, -0.2) is 14.3 Å². The number of amides is 2. The Balaban J connectivity index is 0.000000393. The topological polar surface area (TPSA) is 288 Å². The Labute approximate surface area is 443 Å². The zero-order chi connectivity index (χ0) is 54.7. The predicted octanol–water partition coefficient (Wildman–Crippen LogP) is 4.59. The first-order valence-electron chi connectivity index (χ1n) is 23.8. The summed E-state index contributed by atoms with van der Waals surface area (Å²) in [5.41, 5.74) is 14.0. The lowest BCUT2D eigenvalue weighted by Crippen LogP contribution is -3.00. The van der Waals surface area contributed by atoms with Gasteiger partial charge in [0.25, 0.3) is 0 Å². The van der Waals surface area contributed by atoms with Gasteiger partial charge in [-0.3, -0.25) is 9.97 Å². The molecule has 0 fully saturated rings. The number of carbonyl (C=O) groups is 2. The van der Waals surface area contributed by atoms with Crippen molar-refractivity contribution in [1.82, 2.24) is 24.1 Å². The molecule has 3 heterocycles. The smallest absolute Gasteiger partial charge is 0.474 e. The lowest BCUT2D eigenvalue weighted by atomic mass is 10.0. The molecule has 0 saturated heterocycles. The van der Waals surface area contributed by atoms with E-state index in [4.69, 9.17) is 15.2 Å². The number of rotatable bonds is 18. The van der Waals surface area contributed by atoms with Gasteiger partial charge in [0, 0.05) is 74.7 Å². The molecule has 20 nitrogen and oxygen atoms in total. The SMILES string of the molecule is CN(C)c1cc[n+](S(=O)(=O)NC(=O)OC(C)(C)C)cc1.Cc1cc2ncc(C#N)c(NCCCCCN)c2cc1C.Cc1cc2ncc(C#N)c(NCCCCCNS(=O)(=O)NC(=O)OC(C)(C)C)c2cc1C.[Cl-]. The normalized spacial score (nSPS) is 11.3. The molecule has 2 amide bonds. The molecule has 2 aromatic carbocycles. The first-order chi connectivity index (χ1) is 34.1. The Hall–Kier alpha value is -6.56. The van der Waals surface area contributed by atoms with Crippen LogP contribution in [0.1, 0.15) is 113 Å². The maximum atomic E-state index is 11.9. The zero-order valence-corrected chi connectivity index (χ0v) is 47.0. The van der Waals surface area contributed by atoms with Gasteiger partial charge in [0.1, 0.15) is 23.3 Å². The predicted molar refractivity (Wildman–Crippen MR) is 287 cm³/mol. The van der Waals surface area contributed by atoms with Gasteiger partial charge in [-0.2, -0.15) is 28.4 Å². The molecule has 0 aliphatic carbocycles. The molecule has 0 atom stereocenters. The highest BCUT2D eigenvalue weighted by Gasteiger charge is 2.28. The van der Waals surface area contributed by atoms with Crippen LogP contribution in [-0.2, 0) is 29.9 Å². The van der Waals surface area contributed by atoms with Crippen molar-refractivity contribution in [2.75, 3.05) is 55.8 Å². The van der Waals surface area contributed by atoms with Gasteiger partial charge in [-0.1, -0.05) is 16.8 Å². The molecule has 0 aliphatic heterocycles. The van der Waals surface area contributed by atoms with E-state index in [-0.39, 0.29) is 19.0 Å². The summed E-state index contributed by atoms with van der Waals surface area (Å²) in [5, 5.41) is 27.4. The molecule has 0 spiro atoms. The maximum absolute atomic E-state index is 11.9. The Kier molecular flexibility index (Phi) is 24.7. The number of nitriles is 2. The summed E-state index contributed by atoms with van der Waals surface area (Å²) >= 11 is 0. The first-order valence-corrected chi connectivity index (χ1v) is 26.8. The molecule has 7 N–H and O–H groups in total. The number of nitrogens with two attached hydrogens (primary N) is 1. The van der Waals surface area contributed by atoms with Gasteiger partial charge in [-0.05, 0) is 148 Å². The Morgan fingerprint density at radius 2 is 1.07 bits per heavy atom. The second-order valence-electron chi connectivity index (χ2n) is 19.4. The number of carbonyl (C=O) groups excluding carboxylic acids is 2. The molecule has 0 radical (unpaired) electrons. The lowest BCUT2D eigenvalue weighted by Gasteiger charge is -2.19. The fourth-order valence-electron chi connectivity index (χ4n) is 6.73. The van der Waals surface area contributed by atoms with E-state index >= 15 is 0 Å². The van der Waals surface area contributed by atoms with Crippen molar-refractivity contribution in [1.29, 1.82) is 10.5 Å². The van der Waals surface area contributed by atoms with Crippen molar-refractivity contribution >= 4 is 71.5 Å². The number of unbranched alkanes of at least 4 members (excludes halogenated alkanes) is 4. The van der Waals surface area contributed by atoms with E-state index in [0.717, 1.165) is 99.2 Å². The molecule has 0 aliphatic rings. The molecule has 0 unspecified atom stereocenters. The number of nitrogens with zero attached hydrogens (tertiary/aromatic N) is 6. The van der Waals surface area contributed by atoms with Gasteiger partial charge < -0.3 is 43.1 Å². The summed E-state index contributed by atoms with van der Waals surface area (Å²) in [4.78, 5) is 33.7. The minimum Gasteiger partial charge on any atom is -1.00 e. The van der Waals surface area contributed by atoms with Gasteiger partial charge in [0.05, 0.1) is 33.5 Å². The molecular formula is C51H73ClN12O8S2. The molecule has 5 rings (SSSR count). The molecule has 0 bridgehead atoms. The van der Waals surface area contributed by atoms with Crippen LogP contribution in [-0.4, -0.2) is 90.5 Å². The number of hydrogen-bond donors (Lipinski definition) is 6. The number of hydrogen-bond acceptors (Lipinski definition) is 16. The molecule has 0 saturated carbocycles. The molecule has 23 heteroatoms. The van der Waals surface area contributed by atoms with Crippen LogP contribution < -0.4 is 51.8 Å². The summed E-state index contributed by atoms with van der Waals surface area (Å²) < 4.78 is 64.4. The van der Waals surface area contributed by atoms with E-state index in [0.29, 0.717) is 24.1 Å². The van der Waals surface area contributed by atoms with Crippen LogP contribution in [0.25, 0.3) is 21.8 Å². The van der Waals surface area contributed by atoms with Crippen LogP contribution in [0.5, 0.6) is 0 Å². The van der Waals surface area contributed by atoms with Gasteiger partial charge in [0.2, 0.25) is 0 Å². The van der Waals surface area contributed by atoms with E-state index in [9.17, 15) is 36.9 Å². The van der Waals surface area contributed by atoms with Crippen molar-refractivity contribution in [3.8, 4) is 12.1 Å².